The molecular weight excluding hydrogens is 1000 g/mol. The van der Waals surface area contributed by atoms with Crippen molar-refractivity contribution in [2.45, 2.75) is 87.3 Å². The van der Waals surface area contributed by atoms with Crippen LogP contribution in [0.25, 0.3) is 0 Å². The predicted octanol–water partition coefficient (Wildman–Crippen LogP) is 11.2. The summed E-state index contributed by atoms with van der Waals surface area (Å²) >= 11 is 1.72. The Bertz CT molecular complexity index is 2820. The number of hydrogen-bond donors (Lipinski definition) is 2. The number of ether oxygens (including phenoxy) is 7. The van der Waals surface area contributed by atoms with E-state index in [0.29, 0.717) is 60.3 Å². The minimum atomic E-state index is -1.59. The summed E-state index contributed by atoms with van der Waals surface area (Å²) < 4.78 is 44.9. The molecule has 2 heterocycles. The van der Waals surface area contributed by atoms with Gasteiger partial charge in [0.15, 0.2) is 11.5 Å². The number of nitro groups is 1. The van der Waals surface area contributed by atoms with E-state index in [1.807, 2.05) is 78.9 Å². The highest BCUT2D eigenvalue weighted by molar-refractivity contribution is 7.99. The first-order chi connectivity index (χ1) is 37.8. The predicted molar refractivity (Wildman–Crippen MR) is 291 cm³/mol. The zero-order chi connectivity index (χ0) is 53.4. The summed E-state index contributed by atoms with van der Waals surface area (Å²) in [7, 11) is 0. The lowest BCUT2D eigenvalue weighted by atomic mass is 9.55. The third-order valence-corrected chi connectivity index (χ3v) is 15.5. The van der Waals surface area contributed by atoms with E-state index in [2.05, 4.69) is 30.9 Å². The molecule has 0 aromatic heterocycles. The molecule has 0 unspecified atom stereocenters. The number of allylic oxidation sites excluding steroid dienone is 1. The van der Waals surface area contributed by atoms with Crippen molar-refractivity contribution in [3.05, 3.63) is 178 Å². The second-order valence-corrected chi connectivity index (χ2v) is 20.6. The minimum Gasteiger partial charge on any atom is -0.493 e. The highest BCUT2D eigenvalue weighted by atomic mass is 32.2. The van der Waals surface area contributed by atoms with Gasteiger partial charge in [-0.25, -0.2) is 4.79 Å². The maximum absolute atomic E-state index is 15.2. The molecule has 77 heavy (non-hydrogen) atoms. The standard InChI is InChI=1S/C60H67N3O13S/c1-2-29-74-60-56(62(38-44-21-25-54-55(34-44)73-41-72-54)59(66)71-31-30-69-39-42-13-5-3-6-14-42)37-52(61-75-40-43-19-22-46(23-20-43)63(67)68)50-35-45(15-9-11-27-64)49(18-10-12-28-65)57(58(50)60)51-36-47(24-26-53(51)76-60)70-32-33-77-48-16-7-4-8-17-48/h2-8,13-14,16-17,19-26,34-36,45,49,56-58,64-65H,1,9-12,15,18,27-33,37-41H2/t45-,49+,56-,57+,58+,60+/m0/s1. The number of carbonyl (C=O) groups excluding carboxylic acids is 1. The van der Waals surface area contributed by atoms with Gasteiger partial charge in [-0.3, -0.25) is 15.0 Å². The number of thioether (sulfide) groups is 1. The number of aliphatic hydroxyl groups is 2. The Morgan fingerprint density at radius 3 is 2.32 bits per heavy atom. The molecule has 1 fully saturated rings. The van der Waals surface area contributed by atoms with Crippen molar-refractivity contribution in [2.75, 3.05) is 52.2 Å². The number of hydrogen-bond acceptors (Lipinski definition) is 15. The second-order valence-electron chi connectivity index (χ2n) is 19.4. The van der Waals surface area contributed by atoms with Gasteiger partial charge in [-0.2, -0.15) is 0 Å². The number of carbonyl (C=O) groups is 1. The zero-order valence-electron chi connectivity index (χ0n) is 43.2. The maximum atomic E-state index is 15.2. The lowest BCUT2D eigenvalue weighted by Crippen LogP contribution is -2.70. The van der Waals surface area contributed by atoms with Crippen molar-refractivity contribution in [1.82, 2.24) is 4.90 Å². The molecule has 406 valence electrons. The number of amides is 1. The molecule has 0 spiro atoms. The van der Waals surface area contributed by atoms with Gasteiger partial charge >= 0.3 is 6.09 Å². The first-order valence-corrected chi connectivity index (χ1v) is 27.4. The van der Waals surface area contributed by atoms with Gasteiger partial charge in [0.25, 0.3) is 5.69 Å². The van der Waals surface area contributed by atoms with Crippen LogP contribution < -0.4 is 18.9 Å². The van der Waals surface area contributed by atoms with Crippen molar-refractivity contribution in [1.29, 1.82) is 0 Å². The van der Waals surface area contributed by atoms with Crippen LogP contribution in [0.1, 0.15) is 73.1 Å². The number of unbranched alkanes of at least 4 members (excludes halogenated alkanes) is 2. The fourth-order valence-corrected chi connectivity index (χ4v) is 11.8. The number of rotatable bonds is 28. The summed E-state index contributed by atoms with van der Waals surface area (Å²) in [5, 5.41) is 36.7. The van der Waals surface area contributed by atoms with Gasteiger partial charge in [-0.15, -0.1) is 18.3 Å². The normalized spacial score (nSPS) is 21.2. The van der Waals surface area contributed by atoms with E-state index < -0.39 is 28.8 Å². The largest absolute Gasteiger partial charge is 0.493 e. The summed E-state index contributed by atoms with van der Waals surface area (Å²) in [5.41, 5.74) is 4.67. The molecule has 5 aromatic rings. The topological polar surface area (TPSA) is 190 Å². The molecule has 5 aromatic carbocycles. The number of nitro benzene ring substituents is 1. The highest BCUT2D eigenvalue weighted by Gasteiger charge is 2.66. The van der Waals surface area contributed by atoms with Crippen molar-refractivity contribution in [3.8, 4) is 23.0 Å². The summed E-state index contributed by atoms with van der Waals surface area (Å²) in [6.07, 6.45) is 7.63. The van der Waals surface area contributed by atoms with E-state index in [4.69, 9.17) is 43.2 Å². The molecule has 17 heteroatoms. The third kappa shape index (κ3) is 13.5. The van der Waals surface area contributed by atoms with Crippen LogP contribution in [0.5, 0.6) is 23.0 Å². The van der Waals surface area contributed by atoms with Crippen molar-refractivity contribution < 1.29 is 57.9 Å². The van der Waals surface area contributed by atoms with Crippen molar-refractivity contribution in [3.63, 3.8) is 0 Å². The monoisotopic (exact) mass is 1070 g/mol. The first-order valence-electron chi connectivity index (χ1n) is 26.5. The second kappa shape index (κ2) is 26.9. The van der Waals surface area contributed by atoms with Crippen LogP contribution in [0.2, 0.25) is 0 Å². The fourth-order valence-electron chi connectivity index (χ4n) is 11.0. The van der Waals surface area contributed by atoms with Gasteiger partial charge in [-0.1, -0.05) is 84.7 Å². The molecule has 1 saturated carbocycles. The molecule has 2 aliphatic carbocycles. The van der Waals surface area contributed by atoms with Gasteiger partial charge < -0.3 is 48.2 Å². The van der Waals surface area contributed by atoms with E-state index in [1.54, 1.807) is 34.9 Å². The molecule has 0 saturated heterocycles. The summed E-state index contributed by atoms with van der Waals surface area (Å²) in [5.74, 6) is 0.533. The molecule has 6 atom stereocenters. The molecular formula is C60H67N3O13S. The average molecular weight is 1070 g/mol. The lowest BCUT2D eigenvalue weighted by molar-refractivity contribution is -0.384. The van der Waals surface area contributed by atoms with Crippen LogP contribution in [-0.4, -0.2) is 95.9 Å². The summed E-state index contributed by atoms with van der Waals surface area (Å²) in [4.78, 5) is 35.4. The van der Waals surface area contributed by atoms with Gasteiger partial charge in [0.1, 0.15) is 30.8 Å². The smallest absolute Gasteiger partial charge is 0.410 e. The van der Waals surface area contributed by atoms with E-state index in [9.17, 15) is 20.3 Å². The van der Waals surface area contributed by atoms with Crippen LogP contribution in [0.4, 0.5) is 10.5 Å². The van der Waals surface area contributed by atoms with Crippen molar-refractivity contribution >= 4 is 29.3 Å². The summed E-state index contributed by atoms with van der Waals surface area (Å²) in [6, 6.07) is 36.7. The number of non-ortho nitro benzene ring substituents is 1. The Labute approximate surface area is 453 Å². The van der Waals surface area contributed by atoms with Gasteiger partial charge in [-0.05, 0) is 114 Å². The van der Waals surface area contributed by atoms with E-state index >= 15 is 4.79 Å². The Kier molecular flexibility index (Phi) is 19.2. The van der Waals surface area contributed by atoms with E-state index in [1.165, 1.54) is 12.1 Å². The van der Waals surface area contributed by atoms with Crippen LogP contribution in [0.15, 0.2) is 156 Å². The zero-order valence-corrected chi connectivity index (χ0v) is 44.0. The SMILES string of the molecule is C=CCO[C@@]12Oc3ccc(OCCSc4ccccc4)cc3[C@H]3[C@H](CCCCO)[C@@H](CCCCO)C=C(C(=NOCc4ccc([N+](=O)[O-])cc4)C[C@@H]1N(Cc1ccc4c(c1)OCO4)C(=O)OCCOCc1ccccc1)[C@H]32. The third-order valence-electron chi connectivity index (χ3n) is 14.5. The van der Waals surface area contributed by atoms with Gasteiger partial charge in [0, 0.05) is 60.4 Å². The molecule has 0 bridgehead atoms. The van der Waals surface area contributed by atoms with Crippen molar-refractivity contribution in [2.24, 2.45) is 22.9 Å². The molecule has 4 aliphatic rings. The Hall–Kier alpha value is -6.89. The summed E-state index contributed by atoms with van der Waals surface area (Å²) in [6.45, 7) is 5.22. The Balaban J connectivity index is 1.16. The number of fused-ring (bicyclic) bond motifs is 3. The van der Waals surface area contributed by atoms with E-state index in [0.717, 1.165) is 58.6 Å². The first kappa shape index (κ1) is 54.9. The van der Waals surface area contributed by atoms with Crippen LogP contribution in [-0.2, 0) is 38.8 Å². The molecule has 2 N–H and O–H groups in total. The number of benzene rings is 5. The quantitative estimate of drug-likeness (QED) is 0.0158. The average Bonchev–Trinajstić information content (AvgIpc) is 3.97. The molecule has 1 amide bonds. The van der Waals surface area contributed by atoms with Gasteiger partial charge in [0.05, 0.1) is 43.0 Å². The van der Waals surface area contributed by atoms with Crippen LogP contribution >= 0.6 is 11.8 Å². The minimum absolute atomic E-state index is 0.00385. The number of oxime groups is 1. The number of aliphatic hydroxyl groups excluding tert-OH is 2. The molecule has 16 nitrogen and oxygen atoms in total. The fraction of sp³-hybridized carbons (Fsp3) is 0.400. The van der Waals surface area contributed by atoms with Crippen LogP contribution in [0, 0.1) is 27.9 Å². The number of nitrogens with zero attached hydrogens (tertiary/aromatic N) is 3. The highest BCUT2D eigenvalue weighted by Crippen LogP contribution is 2.62. The Morgan fingerprint density at radius 2 is 1.56 bits per heavy atom. The van der Waals surface area contributed by atoms with Gasteiger partial charge in [0.2, 0.25) is 12.6 Å². The maximum Gasteiger partial charge on any atom is 0.410 e. The molecule has 2 aliphatic heterocycles. The lowest BCUT2D eigenvalue weighted by Gasteiger charge is -2.59. The van der Waals surface area contributed by atoms with E-state index in [-0.39, 0.29) is 82.8 Å². The van der Waals surface area contributed by atoms with Crippen LogP contribution in [0.3, 0.4) is 0 Å². The Morgan fingerprint density at radius 1 is 0.831 bits per heavy atom. The molecule has 0 radical (unpaired) electrons. The molecule has 9 rings (SSSR count).